The van der Waals surface area contributed by atoms with Crippen LogP contribution in [0.15, 0.2) is 30.5 Å². The number of aliphatic carboxylic acids is 1. The van der Waals surface area contributed by atoms with Crippen LogP contribution < -0.4 is 19.9 Å². The highest BCUT2D eigenvalue weighted by Gasteiger charge is 2.25. The first kappa shape index (κ1) is 27.7. The molecule has 1 aliphatic rings. The summed E-state index contributed by atoms with van der Waals surface area (Å²) >= 11 is 0. The first-order chi connectivity index (χ1) is 17.8. The van der Waals surface area contributed by atoms with Gasteiger partial charge in [-0.15, -0.1) is 0 Å². The minimum absolute atomic E-state index is 0.145. The van der Waals surface area contributed by atoms with Gasteiger partial charge in [-0.05, 0) is 51.3 Å². The fraction of sp³-hybridized carbons (Fsp3) is 0.500. The highest BCUT2D eigenvalue weighted by Crippen LogP contribution is 2.27. The molecule has 0 saturated carbocycles. The second kappa shape index (κ2) is 12.9. The van der Waals surface area contributed by atoms with Crippen LogP contribution in [0.5, 0.6) is 5.75 Å². The molecule has 200 valence electrons. The number of nitrogens with zero attached hydrogens (tertiary/aromatic N) is 5. The van der Waals surface area contributed by atoms with Crippen LogP contribution in [0.2, 0.25) is 0 Å². The third-order valence-corrected chi connectivity index (χ3v) is 6.33. The van der Waals surface area contributed by atoms with Gasteiger partial charge >= 0.3 is 12.1 Å². The van der Waals surface area contributed by atoms with Crippen molar-refractivity contribution in [3.63, 3.8) is 0 Å². The van der Waals surface area contributed by atoms with Gasteiger partial charge < -0.3 is 29.9 Å². The minimum Gasteiger partial charge on any atom is -0.480 e. The van der Waals surface area contributed by atoms with E-state index in [1.165, 1.54) is 11.8 Å². The highest BCUT2D eigenvalue weighted by atomic mass is 16.6. The standard InChI is InChI=1S/C26H36N6O5/c1-5-30(6-2)25-27-17-22(32(7-3)18(4)33)23(29-25)28-21(24(34)35)16-19-10-12-20(13-11-19)37-26(36)31-14-8-9-15-31/h10-13,17,21H,5-9,14-16H2,1-4H3,(H,34,35)(H,27,28,29)/t21-/m0/s1. The maximum Gasteiger partial charge on any atom is 0.415 e. The van der Waals surface area contributed by atoms with Gasteiger partial charge in [0.25, 0.3) is 0 Å². The molecular formula is C26H36N6O5. The first-order valence-electron chi connectivity index (χ1n) is 12.7. The molecule has 0 unspecified atom stereocenters. The van der Waals surface area contributed by atoms with Gasteiger partial charge in [0.1, 0.15) is 17.5 Å². The average molecular weight is 513 g/mol. The summed E-state index contributed by atoms with van der Waals surface area (Å²) < 4.78 is 5.43. The van der Waals surface area contributed by atoms with Crippen molar-refractivity contribution < 1.29 is 24.2 Å². The summed E-state index contributed by atoms with van der Waals surface area (Å²) in [6.07, 6.45) is 3.28. The van der Waals surface area contributed by atoms with Gasteiger partial charge in [0.05, 0.1) is 6.20 Å². The lowest BCUT2D eigenvalue weighted by Crippen LogP contribution is -2.35. The van der Waals surface area contributed by atoms with Crippen LogP contribution >= 0.6 is 0 Å². The van der Waals surface area contributed by atoms with E-state index in [-0.39, 0.29) is 24.2 Å². The molecule has 2 N–H and O–H groups in total. The zero-order valence-corrected chi connectivity index (χ0v) is 21.9. The minimum atomic E-state index is -1.07. The van der Waals surface area contributed by atoms with Crippen molar-refractivity contribution in [1.82, 2.24) is 14.9 Å². The van der Waals surface area contributed by atoms with Crippen LogP contribution in [0.25, 0.3) is 0 Å². The normalized spacial score (nSPS) is 13.7. The molecule has 0 spiro atoms. The zero-order chi connectivity index (χ0) is 26.9. The average Bonchev–Trinajstić information content (AvgIpc) is 3.42. The van der Waals surface area contributed by atoms with Gasteiger partial charge in [-0.2, -0.15) is 4.98 Å². The van der Waals surface area contributed by atoms with Crippen molar-refractivity contribution >= 4 is 35.4 Å². The molecule has 0 bridgehead atoms. The van der Waals surface area contributed by atoms with E-state index >= 15 is 0 Å². The predicted octanol–water partition coefficient (Wildman–Crippen LogP) is 3.40. The number of carboxylic acid groups (broad SMARTS) is 1. The number of carbonyl (C=O) groups is 3. The number of carbonyl (C=O) groups excluding carboxylic acids is 2. The van der Waals surface area contributed by atoms with E-state index in [2.05, 4.69) is 15.3 Å². The smallest absolute Gasteiger partial charge is 0.415 e. The van der Waals surface area contributed by atoms with E-state index in [9.17, 15) is 19.5 Å². The van der Waals surface area contributed by atoms with E-state index in [4.69, 9.17) is 4.74 Å². The van der Waals surface area contributed by atoms with Crippen LogP contribution in [0.1, 0.15) is 46.1 Å². The summed E-state index contributed by atoms with van der Waals surface area (Å²) in [5.41, 5.74) is 1.15. The van der Waals surface area contributed by atoms with Crippen LogP contribution in [0.3, 0.4) is 0 Å². The predicted molar refractivity (Wildman–Crippen MR) is 141 cm³/mol. The van der Waals surface area contributed by atoms with Gasteiger partial charge in [0.15, 0.2) is 5.82 Å². The molecule has 3 rings (SSSR count). The van der Waals surface area contributed by atoms with Crippen LogP contribution in [0, 0.1) is 0 Å². The second-order valence-corrected chi connectivity index (χ2v) is 8.78. The zero-order valence-electron chi connectivity index (χ0n) is 21.9. The van der Waals surface area contributed by atoms with E-state index in [0.717, 1.165) is 18.4 Å². The molecule has 37 heavy (non-hydrogen) atoms. The molecule has 0 aliphatic carbocycles. The van der Waals surface area contributed by atoms with Crippen molar-refractivity contribution in [2.24, 2.45) is 0 Å². The van der Waals surface area contributed by atoms with Crippen molar-refractivity contribution in [3.8, 4) is 5.75 Å². The number of carboxylic acids is 1. The van der Waals surface area contributed by atoms with Gasteiger partial charge in [0.2, 0.25) is 11.9 Å². The molecule has 2 amide bonds. The molecule has 1 fully saturated rings. The number of hydrogen-bond acceptors (Lipinski definition) is 8. The summed E-state index contributed by atoms with van der Waals surface area (Å²) in [5, 5.41) is 13.0. The second-order valence-electron chi connectivity index (χ2n) is 8.78. The number of benzene rings is 1. The number of hydrogen-bond donors (Lipinski definition) is 2. The largest absolute Gasteiger partial charge is 0.480 e. The number of rotatable bonds is 11. The number of nitrogens with one attached hydrogen (secondary N) is 1. The number of amides is 2. The van der Waals surface area contributed by atoms with Gasteiger partial charge in [-0.3, -0.25) is 4.79 Å². The van der Waals surface area contributed by atoms with E-state index in [1.807, 2.05) is 25.7 Å². The Bertz CT molecular complexity index is 1080. The maximum atomic E-state index is 12.2. The van der Waals surface area contributed by atoms with Crippen molar-refractivity contribution in [2.45, 2.75) is 53.0 Å². The molecule has 2 aromatic rings. The Morgan fingerprint density at radius 2 is 1.73 bits per heavy atom. The quantitative estimate of drug-likeness (QED) is 0.465. The lowest BCUT2D eigenvalue weighted by molar-refractivity contribution is -0.137. The summed E-state index contributed by atoms with van der Waals surface area (Å²) in [4.78, 5) is 50.8. The molecule has 1 aromatic heterocycles. The molecule has 1 saturated heterocycles. The molecule has 11 heteroatoms. The molecule has 1 atom stereocenters. The molecule has 0 radical (unpaired) electrons. The first-order valence-corrected chi connectivity index (χ1v) is 12.7. The van der Waals surface area contributed by atoms with Crippen molar-refractivity contribution in [2.75, 3.05) is 47.8 Å². The summed E-state index contributed by atoms with van der Waals surface area (Å²) in [7, 11) is 0. The van der Waals surface area contributed by atoms with Gasteiger partial charge in [0, 0.05) is 46.1 Å². The van der Waals surface area contributed by atoms with Crippen LogP contribution in [-0.4, -0.2) is 76.7 Å². The van der Waals surface area contributed by atoms with Crippen LogP contribution in [-0.2, 0) is 16.0 Å². The summed E-state index contributed by atoms with van der Waals surface area (Å²) in [5.74, 6) is -0.135. The Kier molecular flexibility index (Phi) is 9.64. The lowest BCUT2D eigenvalue weighted by Gasteiger charge is -2.26. The lowest BCUT2D eigenvalue weighted by atomic mass is 10.1. The molecule has 1 aromatic carbocycles. The topological polar surface area (TPSA) is 128 Å². The SMILES string of the molecule is CCN(CC)c1ncc(N(CC)C(C)=O)c(N[C@@H](Cc2ccc(OC(=O)N3CCCC3)cc2)C(=O)O)n1. The molecule has 11 nitrogen and oxygen atoms in total. The highest BCUT2D eigenvalue weighted by molar-refractivity contribution is 5.95. The third kappa shape index (κ3) is 7.08. The summed E-state index contributed by atoms with van der Waals surface area (Å²) in [6, 6.07) is 5.76. The van der Waals surface area contributed by atoms with Gasteiger partial charge in [-0.1, -0.05) is 12.1 Å². The number of likely N-dealkylation sites (tertiary alicyclic amines) is 1. The number of aromatic nitrogens is 2. The Hall–Kier alpha value is -3.89. The molecule has 2 heterocycles. The Morgan fingerprint density at radius 1 is 1.08 bits per heavy atom. The van der Waals surface area contributed by atoms with Crippen LogP contribution in [0.4, 0.5) is 22.2 Å². The van der Waals surface area contributed by atoms with E-state index < -0.39 is 12.0 Å². The fourth-order valence-corrected chi connectivity index (χ4v) is 4.25. The monoisotopic (exact) mass is 512 g/mol. The Balaban J connectivity index is 1.81. The third-order valence-electron chi connectivity index (χ3n) is 6.33. The fourth-order valence-electron chi connectivity index (χ4n) is 4.25. The van der Waals surface area contributed by atoms with E-state index in [1.54, 1.807) is 35.4 Å². The van der Waals surface area contributed by atoms with Gasteiger partial charge in [-0.25, -0.2) is 14.6 Å². The number of ether oxygens (including phenoxy) is 1. The number of anilines is 3. The molecular weight excluding hydrogens is 476 g/mol. The Morgan fingerprint density at radius 3 is 2.27 bits per heavy atom. The molecule has 1 aliphatic heterocycles. The van der Waals surface area contributed by atoms with Crippen molar-refractivity contribution in [3.05, 3.63) is 36.0 Å². The maximum absolute atomic E-state index is 12.2. The van der Waals surface area contributed by atoms with E-state index in [0.29, 0.717) is 50.1 Å². The Labute approximate surface area is 217 Å². The summed E-state index contributed by atoms with van der Waals surface area (Å²) in [6.45, 7) is 10.4. The van der Waals surface area contributed by atoms with Crippen molar-refractivity contribution in [1.29, 1.82) is 0 Å².